The zero-order chi connectivity index (χ0) is 12.2. The fourth-order valence-electron chi connectivity index (χ4n) is 0. The average molecular weight is 293 g/mol. The van der Waals surface area contributed by atoms with Gasteiger partial charge in [-0.3, -0.25) is 0 Å². The number of alkyl halides is 6. The first-order valence-electron chi connectivity index (χ1n) is 2.49. The van der Waals surface area contributed by atoms with Crippen molar-refractivity contribution in [3.05, 3.63) is 0 Å². The molecule has 0 aliphatic rings. The Kier molecular flexibility index (Phi) is 8.65. The Morgan fingerprint density at radius 3 is 0.800 bits per heavy atom. The van der Waals surface area contributed by atoms with Crippen molar-refractivity contribution in [1.82, 2.24) is 0 Å². The third-order valence-corrected chi connectivity index (χ3v) is 0.485. The average Bonchev–Trinajstić information content (AvgIpc) is 1.83. The minimum atomic E-state index is -5.08. The SMILES string of the molecule is O=C(O)C(F)(F)F.O=C(O)C(F)(F)F.[Zn]. The van der Waals surface area contributed by atoms with Gasteiger partial charge in [0.1, 0.15) is 0 Å². The Hall–Kier alpha value is -0.857. The molecule has 2 N–H and O–H groups in total. The van der Waals surface area contributed by atoms with Crippen LogP contribution in [0.15, 0.2) is 0 Å². The van der Waals surface area contributed by atoms with Crippen LogP contribution in [0.4, 0.5) is 26.3 Å². The molecule has 0 atom stereocenters. The van der Waals surface area contributed by atoms with Crippen LogP contribution in [0.5, 0.6) is 0 Å². The smallest absolute Gasteiger partial charge is 0.475 e. The number of hydrogen-bond acceptors (Lipinski definition) is 2. The van der Waals surface area contributed by atoms with E-state index in [1.807, 2.05) is 0 Å². The number of halogens is 6. The Bertz CT molecular complexity index is 196. The summed E-state index contributed by atoms with van der Waals surface area (Å²) in [5.41, 5.74) is 0. The number of carbonyl (C=O) groups is 2. The maximum absolute atomic E-state index is 10.6. The molecule has 0 fully saturated rings. The van der Waals surface area contributed by atoms with E-state index in [9.17, 15) is 26.3 Å². The maximum Gasteiger partial charge on any atom is 0.490 e. The van der Waals surface area contributed by atoms with Crippen LogP contribution in [0.3, 0.4) is 0 Å². The molecule has 4 nitrogen and oxygen atoms in total. The molecule has 0 aromatic heterocycles. The topological polar surface area (TPSA) is 74.6 Å². The molecule has 0 unspecified atom stereocenters. The summed E-state index contributed by atoms with van der Waals surface area (Å²) < 4.78 is 63.5. The van der Waals surface area contributed by atoms with Crippen molar-refractivity contribution in [1.29, 1.82) is 0 Å². The van der Waals surface area contributed by atoms with E-state index in [4.69, 9.17) is 19.8 Å². The van der Waals surface area contributed by atoms with Gasteiger partial charge in [-0.15, -0.1) is 0 Å². The predicted octanol–water partition coefficient (Wildman–Crippen LogP) is 1.26. The molecule has 0 rings (SSSR count). The second kappa shape index (κ2) is 6.59. The zero-order valence-corrected chi connectivity index (χ0v) is 9.65. The Labute approximate surface area is 90.6 Å². The van der Waals surface area contributed by atoms with Gasteiger partial charge >= 0.3 is 24.3 Å². The first-order valence-corrected chi connectivity index (χ1v) is 2.49. The van der Waals surface area contributed by atoms with E-state index < -0.39 is 24.3 Å². The standard InChI is InChI=1S/2C2HF3O2.Zn/c2*3-2(4,5)1(6)7;/h2*(H,6,7);. The molecule has 0 heterocycles. The first kappa shape index (κ1) is 19.7. The van der Waals surface area contributed by atoms with Crippen LogP contribution >= 0.6 is 0 Å². The number of aliphatic carboxylic acids is 2. The van der Waals surface area contributed by atoms with Gasteiger partial charge in [0.15, 0.2) is 0 Å². The number of carboxylic acids is 2. The monoisotopic (exact) mass is 292 g/mol. The zero-order valence-electron chi connectivity index (χ0n) is 6.69. The van der Waals surface area contributed by atoms with Gasteiger partial charge in [-0.25, -0.2) is 9.59 Å². The quantitative estimate of drug-likeness (QED) is 0.521. The maximum atomic E-state index is 10.6. The molecule has 11 heteroatoms. The molecular weight excluding hydrogens is 291 g/mol. The summed E-state index contributed by atoms with van der Waals surface area (Å²) in [4.78, 5) is 17.8. The molecular formula is C4H2F6O4Zn. The van der Waals surface area contributed by atoms with Crippen LogP contribution in [0.1, 0.15) is 0 Å². The van der Waals surface area contributed by atoms with Gasteiger partial charge in [-0.05, 0) is 0 Å². The van der Waals surface area contributed by atoms with Crippen LogP contribution in [0.2, 0.25) is 0 Å². The van der Waals surface area contributed by atoms with Crippen LogP contribution < -0.4 is 0 Å². The van der Waals surface area contributed by atoms with Crippen LogP contribution in [-0.4, -0.2) is 34.5 Å². The van der Waals surface area contributed by atoms with Gasteiger partial charge in [0.25, 0.3) is 0 Å². The number of hydrogen-bond donors (Lipinski definition) is 2. The van der Waals surface area contributed by atoms with Gasteiger partial charge in [-0.1, -0.05) is 0 Å². The molecule has 0 saturated carbocycles. The summed E-state index contributed by atoms with van der Waals surface area (Å²) in [6.07, 6.45) is -10.2. The molecule has 0 radical (unpaired) electrons. The molecule has 0 aliphatic heterocycles. The van der Waals surface area contributed by atoms with E-state index in [0.29, 0.717) is 0 Å². The van der Waals surface area contributed by atoms with Crippen LogP contribution in [-0.2, 0) is 29.1 Å². The summed E-state index contributed by atoms with van der Waals surface area (Å²) in [7, 11) is 0. The number of rotatable bonds is 0. The van der Waals surface area contributed by atoms with Crippen molar-refractivity contribution in [2.75, 3.05) is 0 Å². The van der Waals surface area contributed by atoms with Gasteiger partial charge in [-0.2, -0.15) is 26.3 Å². The van der Waals surface area contributed by atoms with Gasteiger partial charge in [0, 0.05) is 19.5 Å². The summed E-state index contributed by atoms with van der Waals surface area (Å²) in [6.45, 7) is 0. The van der Waals surface area contributed by atoms with Crippen molar-refractivity contribution in [3.8, 4) is 0 Å². The molecule has 0 aromatic rings. The summed E-state index contributed by atoms with van der Waals surface area (Å²) >= 11 is 0. The van der Waals surface area contributed by atoms with Gasteiger partial charge in [0.2, 0.25) is 0 Å². The first-order chi connectivity index (χ1) is 5.89. The van der Waals surface area contributed by atoms with Crippen molar-refractivity contribution < 1.29 is 65.6 Å². The van der Waals surface area contributed by atoms with E-state index in [2.05, 4.69) is 0 Å². The second-order valence-electron chi connectivity index (χ2n) is 1.61. The Morgan fingerprint density at radius 1 is 0.733 bits per heavy atom. The van der Waals surface area contributed by atoms with Gasteiger partial charge in [0.05, 0.1) is 0 Å². The van der Waals surface area contributed by atoms with Crippen molar-refractivity contribution in [2.45, 2.75) is 12.4 Å². The minimum absolute atomic E-state index is 0. The molecule has 86 valence electrons. The van der Waals surface area contributed by atoms with Crippen molar-refractivity contribution >= 4 is 11.9 Å². The summed E-state index contributed by atoms with van der Waals surface area (Å²) in [5.74, 6) is -5.51. The predicted molar refractivity (Wildman–Crippen MR) is 27.4 cm³/mol. The molecule has 0 spiro atoms. The number of carboxylic acid groups (broad SMARTS) is 2. The molecule has 0 aliphatic carbocycles. The molecule has 0 aromatic carbocycles. The van der Waals surface area contributed by atoms with E-state index >= 15 is 0 Å². The Morgan fingerprint density at radius 2 is 0.800 bits per heavy atom. The largest absolute Gasteiger partial charge is 0.490 e. The molecule has 15 heavy (non-hydrogen) atoms. The van der Waals surface area contributed by atoms with Crippen LogP contribution in [0, 0.1) is 0 Å². The van der Waals surface area contributed by atoms with E-state index in [1.54, 1.807) is 0 Å². The van der Waals surface area contributed by atoms with Crippen molar-refractivity contribution in [3.63, 3.8) is 0 Å². The van der Waals surface area contributed by atoms with E-state index in [1.165, 1.54) is 0 Å². The minimum Gasteiger partial charge on any atom is -0.475 e. The van der Waals surface area contributed by atoms with Crippen molar-refractivity contribution in [2.24, 2.45) is 0 Å². The van der Waals surface area contributed by atoms with Crippen LogP contribution in [0.25, 0.3) is 0 Å². The molecule has 0 saturated heterocycles. The summed E-state index contributed by atoms with van der Waals surface area (Å²) in [5, 5.41) is 14.2. The van der Waals surface area contributed by atoms with E-state index in [-0.39, 0.29) is 19.5 Å². The molecule has 0 bridgehead atoms. The third kappa shape index (κ3) is 13.1. The fraction of sp³-hybridized carbons (Fsp3) is 0.500. The normalized spacial score (nSPS) is 10.5. The summed E-state index contributed by atoms with van der Waals surface area (Å²) in [6, 6.07) is 0. The third-order valence-electron chi connectivity index (χ3n) is 0.485. The van der Waals surface area contributed by atoms with E-state index in [0.717, 1.165) is 0 Å². The molecule has 0 amide bonds. The fourth-order valence-corrected chi connectivity index (χ4v) is 0. The Balaban J connectivity index is -0.000000180. The van der Waals surface area contributed by atoms with Gasteiger partial charge < -0.3 is 10.2 Å². The second-order valence-corrected chi connectivity index (χ2v) is 1.61.